The number of aromatic nitrogens is 5. The maximum absolute atomic E-state index is 5.30. The first kappa shape index (κ1) is 27.5. The number of benzene rings is 5. The molecule has 0 fully saturated rings. The monoisotopic (exact) mass is 629 g/mol. The van der Waals surface area contributed by atoms with E-state index in [4.69, 9.17) is 15.0 Å². The molecule has 0 saturated carbocycles. The highest BCUT2D eigenvalue weighted by Crippen LogP contribution is 2.34. The van der Waals surface area contributed by atoms with E-state index in [1.807, 2.05) is 0 Å². The normalized spacial score (nSPS) is 15.6. The van der Waals surface area contributed by atoms with Gasteiger partial charge in [-0.3, -0.25) is 9.13 Å². The van der Waals surface area contributed by atoms with E-state index in [1.165, 1.54) is 33.6 Å². The Morgan fingerprint density at radius 2 is 0.848 bits per heavy atom. The summed E-state index contributed by atoms with van der Waals surface area (Å²) in [6.07, 6.45) is 0. The summed E-state index contributed by atoms with van der Waals surface area (Å²) in [5, 5.41) is 7.96. The fraction of sp³-hybridized carbons (Fsp3) is 0.154. The minimum atomic E-state index is -1.59. The number of para-hydroxylation sites is 4. The van der Waals surface area contributed by atoms with Crippen LogP contribution in [0.2, 0.25) is 38.3 Å². The van der Waals surface area contributed by atoms with E-state index in [0.29, 0.717) is 17.7 Å². The third-order valence-electron chi connectivity index (χ3n) is 10.3. The quantitative estimate of drug-likeness (QED) is 0.184. The molecule has 46 heavy (non-hydrogen) atoms. The van der Waals surface area contributed by atoms with Gasteiger partial charge in [-0.25, -0.2) is 0 Å². The number of hydrogen-bond donors (Lipinski definition) is 0. The van der Waals surface area contributed by atoms with Gasteiger partial charge in [-0.15, -0.1) is 0 Å². The predicted molar refractivity (Wildman–Crippen MR) is 198 cm³/mol. The van der Waals surface area contributed by atoms with Crippen molar-refractivity contribution in [3.63, 3.8) is 0 Å². The average Bonchev–Trinajstić information content (AvgIpc) is 3.60. The van der Waals surface area contributed by atoms with Gasteiger partial charge in [-0.05, 0) is 24.3 Å². The first-order valence-corrected chi connectivity index (χ1v) is 22.6. The molecular formula is C39H35N5Si2. The fourth-order valence-corrected chi connectivity index (χ4v) is 18.0. The second-order valence-corrected chi connectivity index (χ2v) is 23.6. The van der Waals surface area contributed by atoms with E-state index in [9.17, 15) is 0 Å². The van der Waals surface area contributed by atoms with Gasteiger partial charge in [0, 0.05) is 27.1 Å². The first-order chi connectivity index (χ1) is 22.3. The zero-order chi connectivity index (χ0) is 31.2. The van der Waals surface area contributed by atoms with Gasteiger partial charge in [0.1, 0.15) is 0 Å². The molecule has 224 valence electrons. The number of hydrogen-bond acceptors (Lipinski definition) is 3. The lowest BCUT2D eigenvalue weighted by atomic mass is 10.2. The molecule has 1 aliphatic rings. The van der Waals surface area contributed by atoms with Crippen LogP contribution in [0.4, 0.5) is 0 Å². The summed E-state index contributed by atoms with van der Waals surface area (Å²) < 4.78 is 4.42. The van der Waals surface area contributed by atoms with Gasteiger partial charge < -0.3 is 0 Å². The first-order valence-electron chi connectivity index (χ1n) is 16.2. The highest BCUT2D eigenvalue weighted by molar-refractivity contribution is 7.03. The minimum absolute atomic E-state index is 0.628. The minimum Gasteiger partial charge on any atom is -0.278 e. The van der Waals surface area contributed by atoms with E-state index in [2.05, 4.69) is 151 Å². The van der Waals surface area contributed by atoms with Crippen molar-refractivity contribution in [2.75, 3.05) is 0 Å². The fourth-order valence-electron chi connectivity index (χ4n) is 7.69. The summed E-state index contributed by atoms with van der Waals surface area (Å²) in [5.74, 6) is 1.97. The van der Waals surface area contributed by atoms with Crippen LogP contribution in [0.25, 0.3) is 66.9 Å². The molecule has 1 aliphatic heterocycles. The number of nitrogens with zero attached hydrogens (tertiary/aromatic N) is 5. The van der Waals surface area contributed by atoms with Gasteiger partial charge in [0.05, 0.1) is 38.2 Å². The molecule has 7 heteroatoms. The molecule has 0 N–H and O–H groups in total. The Morgan fingerprint density at radius 3 is 1.28 bits per heavy atom. The Hall–Kier alpha value is -4.86. The number of fused-ring (bicyclic) bond motifs is 7. The van der Waals surface area contributed by atoms with Crippen molar-refractivity contribution in [3.8, 4) is 23.3 Å². The molecule has 0 amide bonds. The summed E-state index contributed by atoms with van der Waals surface area (Å²) >= 11 is 0. The Morgan fingerprint density at radius 1 is 0.457 bits per heavy atom. The standard InChI is InChI=1S/C39H35N5Si2/c1-45(2)23-24-46(3,4)36-25-26(21-22-35(36)45)37-40-38(43-31-17-9-5-13-27(31)28-14-6-10-18-32(28)43)42-39(41-37)44-33-19-11-7-15-29(33)30-16-8-12-20-34(30)44/h5-22,25H,23-24H2,1-4H3. The van der Waals surface area contributed by atoms with Crippen LogP contribution in [-0.4, -0.2) is 40.2 Å². The Labute approximate surface area is 270 Å². The van der Waals surface area contributed by atoms with Crippen molar-refractivity contribution in [2.24, 2.45) is 0 Å². The maximum Gasteiger partial charge on any atom is 0.240 e. The molecule has 0 atom stereocenters. The summed E-state index contributed by atoms with van der Waals surface area (Å²) in [7, 11) is -3.07. The number of rotatable bonds is 3. The highest BCUT2D eigenvalue weighted by Gasteiger charge is 2.39. The summed E-state index contributed by atoms with van der Waals surface area (Å²) in [6.45, 7) is 10.1. The Bertz CT molecular complexity index is 2270. The molecule has 8 aromatic rings. The summed E-state index contributed by atoms with van der Waals surface area (Å²) in [5.41, 5.74) is 5.40. The topological polar surface area (TPSA) is 48.5 Å². The van der Waals surface area contributed by atoms with Crippen LogP contribution < -0.4 is 10.4 Å². The smallest absolute Gasteiger partial charge is 0.240 e. The van der Waals surface area contributed by atoms with Crippen LogP contribution in [-0.2, 0) is 0 Å². The molecule has 5 nitrogen and oxygen atoms in total. The molecule has 4 heterocycles. The van der Waals surface area contributed by atoms with Gasteiger partial charge in [0.25, 0.3) is 0 Å². The molecule has 0 radical (unpaired) electrons. The molecule has 0 spiro atoms. The Balaban J connectivity index is 1.38. The van der Waals surface area contributed by atoms with Crippen molar-refractivity contribution in [1.82, 2.24) is 24.1 Å². The lowest BCUT2D eigenvalue weighted by molar-refractivity contribution is 0.893. The lowest BCUT2D eigenvalue weighted by Gasteiger charge is -2.39. The van der Waals surface area contributed by atoms with E-state index < -0.39 is 16.1 Å². The highest BCUT2D eigenvalue weighted by atomic mass is 28.3. The van der Waals surface area contributed by atoms with Crippen LogP contribution in [0.15, 0.2) is 115 Å². The van der Waals surface area contributed by atoms with E-state index in [0.717, 1.165) is 27.6 Å². The molecule has 3 aromatic heterocycles. The van der Waals surface area contributed by atoms with Crippen LogP contribution >= 0.6 is 0 Å². The maximum atomic E-state index is 5.30. The van der Waals surface area contributed by atoms with Gasteiger partial charge in [-0.1, -0.05) is 140 Å². The van der Waals surface area contributed by atoms with Crippen molar-refractivity contribution in [2.45, 2.75) is 38.3 Å². The second kappa shape index (κ2) is 9.82. The van der Waals surface area contributed by atoms with Crippen LogP contribution in [0, 0.1) is 0 Å². The van der Waals surface area contributed by atoms with E-state index >= 15 is 0 Å². The summed E-state index contributed by atoms with van der Waals surface area (Å²) in [6, 6.07) is 44.0. The molecule has 0 aliphatic carbocycles. The zero-order valence-electron chi connectivity index (χ0n) is 26.6. The third-order valence-corrected chi connectivity index (χ3v) is 17.8. The molecular weight excluding hydrogens is 595 g/mol. The van der Waals surface area contributed by atoms with Crippen molar-refractivity contribution in [1.29, 1.82) is 0 Å². The summed E-state index contributed by atoms with van der Waals surface area (Å²) in [4.78, 5) is 15.9. The van der Waals surface area contributed by atoms with Crippen molar-refractivity contribution in [3.05, 3.63) is 115 Å². The van der Waals surface area contributed by atoms with Gasteiger partial charge in [-0.2, -0.15) is 15.0 Å². The van der Waals surface area contributed by atoms with Crippen LogP contribution in [0.3, 0.4) is 0 Å². The predicted octanol–water partition coefficient (Wildman–Crippen LogP) is 8.58. The molecule has 9 rings (SSSR count). The largest absolute Gasteiger partial charge is 0.278 e. The lowest BCUT2D eigenvalue weighted by Crippen LogP contribution is -2.63. The zero-order valence-corrected chi connectivity index (χ0v) is 28.6. The van der Waals surface area contributed by atoms with Crippen LogP contribution in [0.1, 0.15) is 0 Å². The molecule has 5 aromatic carbocycles. The third kappa shape index (κ3) is 4.01. The van der Waals surface area contributed by atoms with Crippen LogP contribution in [0.5, 0.6) is 0 Å². The molecule has 0 saturated heterocycles. The van der Waals surface area contributed by atoms with E-state index in [1.54, 1.807) is 10.4 Å². The average molecular weight is 630 g/mol. The Kier molecular flexibility index (Phi) is 5.86. The second-order valence-electron chi connectivity index (χ2n) is 14.0. The molecule has 0 bridgehead atoms. The van der Waals surface area contributed by atoms with E-state index in [-0.39, 0.29) is 0 Å². The van der Waals surface area contributed by atoms with Crippen molar-refractivity contribution >= 4 is 70.1 Å². The van der Waals surface area contributed by atoms with Gasteiger partial charge in [0.15, 0.2) is 5.82 Å². The molecule has 0 unspecified atom stereocenters. The van der Waals surface area contributed by atoms with Gasteiger partial charge >= 0.3 is 0 Å². The SMILES string of the molecule is C[Si]1(C)CC[Si](C)(C)c2cc(-c3nc(-n4c5ccccc5c5ccccc54)nc(-n4c5ccccc5c5ccccc54)n3)ccc21. The van der Waals surface area contributed by atoms with Gasteiger partial charge in [0.2, 0.25) is 11.9 Å². The van der Waals surface area contributed by atoms with Crippen molar-refractivity contribution < 1.29 is 0 Å².